The van der Waals surface area contributed by atoms with Crippen molar-refractivity contribution in [3.63, 3.8) is 0 Å². The summed E-state index contributed by atoms with van der Waals surface area (Å²) in [6, 6.07) is 3.56. The van der Waals surface area contributed by atoms with E-state index in [4.69, 9.17) is 9.15 Å². The molecule has 0 unspecified atom stereocenters. The Morgan fingerprint density at radius 3 is 2.80 bits per heavy atom. The number of piperidine rings is 1. The number of nitrogens with zero attached hydrogens (tertiary/aromatic N) is 2. The van der Waals surface area contributed by atoms with Gasteiger partial charge < -0.3 is 19.4 Å². The summed E-state index contributed by atoms with van der Waals surface area (Å²) in [5.41, 5.74) is 0. The SMILES string of the molecule is O=C(NCCC(=O)N1CCCC[C@@H]1CN1CCOCC1)c1ccco1. The van der Waals surface area contributed by atoms with Gasteiger partial charge in [0.25, 0.3) is 5.91 Å². The predicted molar refractivity (Wildman–Crippen MR) is 92.3 cm³/mol. The number of carbonyl (C=O) groups excluding carboxylic acids is 2. The van der Waals surface area contributed by atoms with Gasteiger partial charge in [0.2, 0.25) is 5.91 Å². The van der Waals surface area contributed by atoms with Crippen molar-refractivity contribution in [3.05, 3.63) is 24.2 Å². The second-order valence-electron chi connectivity index (χ2n) is 6.63. The quantitative estimate of drug-likeness (QED) is 0.833. The summed E-state index contributed by atoms with van der Waals surface area (Å²) in [7, 11) is 0. The summed E-state index contributed by atoms with van der Waals surface area (Å²) in [6.07, 6.45) is 5.08. The summed E-state index contributed by atoms with van der Waals surface area (Å²) >= 11 is 0. The van der Waals surface area contributed by atoms with Crippen LogP contribution in [0.5, 0.6) is 0 Å². The van der Waals surface area contributed by atoms with Crippen LogP contribution in [-0.2, 0) is 9.53 Å². The molecule has 0 radical (unpaired) electrons. The number of hydrogen-bond acceptors (Lipinski definition) is 5. The first kappa shape index (κ1) is 17.9. The van der Waals surface area contributed by atoms with Crippen LogP contribution in [-0.4, -0.2) is 73.6 Å². The average molecular weight is 349 g/mol. The molecule has 1 N–H and O–H groups in total. The van der Waals surface area contributed by atoms with E-state index >= 15 is 0 Å². The molecule has 2 amide bonds. The first-order valence-corrected chi connectivity index (χ1v) is 9.15. The Hall–Kier alpha value is -1.86. The molecule has 3 rings (SSSR count). The van der Waals surface area contributed by atoms with E-state index in [2.05, 4.69) is 10.2 Å². The van der Waals surface area contributed by atoms with E-state index in [9.17, 15) is 9.59 Å². The molecule has 3 heterocycles. The maximum atomic E-state index is 12.6. The van der Waals surface area contributed by atoms with Crippen LogP contribution in [0.3, 0.4) is 0 Å². The van der Waals surface area contributed by atoms with Crippen LogP contribution < -0.4 is 5.32 Å². The Morgan fingerprint density at radius 2 is 2.04 bits per heavy atom. The van der Waals surface area contributed by atoms with Crippen molar-refractivity contribution in [1.82, 2.24) is 15.1 Å². The van der Waals surface area contributed by atoms with Gasteiger partial charge in [0.05, 0.1) is 19.5 Å². The van der Waals surface area contributed by atoms with E-state index < -0.39 is 0 Å². The molecule has 0 bridgehead atoms. The molecule has 2 aliphatic heterocycles. The van der Waals surface area contributed by atoms with Gasteiger partial charge in [-0.05, 0) is 31.4 Å². The van der Waals surface area contributed by atoms with Crippen LogP contribution in [0.1, 0.15) is 36.2 Å². The highest BCUT2D eigenvalue weighted by molar-refractivity contribution is 5.91. The topological polar surface area (TPSA) is 75.0 Å². The summed E-state index contributed by atoms with van der Waals surface area (Å²) in [6.45, 7) is 5.52. The molecule has 0 aromatic carbocycles. The summed E-state index contributed by atoms with van der Waals surface area (Å²) in [5.74, 6) is 0.120. The molecule has 0 aliphatic carbocycles. The minimum absolute atomic E-state index is 0.123. The summed E-state index contributed by atoms with van der Waals surface area (Å²) < 4.78 is 10.4. The van der Waals surface area contributed by atoms with Crippen LogP contribution >= 0.6 is 0 Å². The van der Waals surface area contributed by atoms with E-state index in [1.54, 1.807) is 12.1 Å². The lowest BCUT2D eigenvalue weighted by Gasteiger charge is -2.39. The normalized spacial score (nSPS) is 21.9. The van der Waals surface area contributed by atoms with Crippen molar-refractivity contribution in [2.45, 2.75) is 31.7 Å². The fourth-order valence-corrected chi connectivity index (χ4v) is 3.52. The second kappa shape index (κ2) is 9.01. The molecule has 7 nitrogen and oxygen atoms in total. The van der Waals surface area contributed by atoms with Crippen LogP contribution in [0.4, 0.5) is 0 Å². The molecule has 2 fully saturated rings. The number of amides is 2. The Kier molecular flexibility index (Phi) is 6.47. The largest absolute Gasteiger partial charge is 0.459 e. The Morgan fingerprint density at radius 1 is 1.20 bits per heavy atom. The molecule has 7 heteroatoms. The third-order valence-corrected chi connectivity index (χ3v) is 4.89. The van der Waals surface area contributed by atoms with E-state index in [0.29, 0.717) is 13.0 Å². The first-order chi connectivity index (χ1) is 12.2. The minimum atomic E-state index is -0.277. The summed E-state index contributed by atoms with van der Waals surface area (Å²) in [4.78, 5) is 28.9. The van der Waals surface area contributed by atoms with Crippen molar-refractivity contribution in [3.8, 4) is 0 Å². The van der Waals surface area contributed by atoms with Crippen molar-refractivity contribution in [2.75, 3.05) is 45.9 Å². The van der Waals surface area contributed by atoms with Gasteiger partial charge in [-0.3, -0.25) is 14.5 Å². The highest BCUT2D eigenvalue weighted by atomic mass is 16.5. The fourth-order valence-electron chi connectivity index (χ4n) is 3.52. The number of likely N-dealkylation sites (tertiary alicyclic amines) is 1. The third kappa shape index (κ3) is 5.06. The van der Waals surface area contributed by atoms with Crippen molar-refractivity contribution < 1.29 is 18.7 Å². The Balaban J connectivity index is 1.45. The third-order valence-electron chi connectivity index (χ3n) is 4.89. The van der Waals surface area contributed by atoms with Crippen LogP contribution in [0.25, 0.3) is 0 Å². The number of carbonyl (C=O) groups is 2. The van der Waals surface area contributed by atoms with Gasteiger partial charge in [0, 0.05) is 45.2 Å². The zero-order valence-corrected chi connectivity index (χ0v) is 14.6. The molecule has 2 aliphatic rings. The Bertz CT molecular complexity index is 555. The van der Waals surface area contributed by atoms with Crippen molar-refractivity contribution in [2.24, 2.45) is 0 Å². The van der Waals surface area contributed by atoms with Gasteiger partial charge >= 0.3 is 0 Å². The predicted octanol–water partition coefficient (Wildman–Crippen LogP) is 1.11. The van der Waals surface area contributed by atoms with Gasteiger partial charge in [0.15, 0.2) is 5.76 Å². The second-order valence-corrected chi connectivity index (χ2v) is 6.63. The lowest BCUT2D eigenvalue weighted by atomic mass is 10.0. The number of morpholine rings is 1. The molecule has 1 aromatic rings. The van der Waals surface area contributed by atoms with Gasteiger partial charge in [-0.2, -0.15) is 0 Å². The van der Waals surface area contributed by atoms with E-state index in [1.807, 2.05) is 4.90 Å². The smallest absolute Gasteiger partial charge is 0.286 e. The Labute approximate surface area is 148 Å². The fraction of sp³-hybridized carbons (Fsp3) is 0.667. The monoisotopic (exact) mass is 349 g/mol. The molecular weight excluding hydrogens is 322 g/mol. The van der Waals surface area contributed by atoms with E-state index in [1.165, 1.54) is 12.7 Å². The number of ether oxygens (including phenoxy) is 1. The van der Waals surface area contributed by atoms with Crippen molar-refractivity contribution in [1.29, 1.82) is 0 Å². The highest BCUT2D eigenvalue weighted by Crippen LogP contribution is 2.19. The molecule has 0 spiro atoms. The van der Waals surface area contributed by atoms with Crippen molar-refractivity contribution >= 4 is 11.8 Å². The minimum Gasteiger partial charge on any atom is -0.459 e. The maximum absolute atomic E-state index is 12.6. The van der Waals surface area contributed by atoms with E-state index in [-0.39, 0.29) is 23.6 Å². The number of nitrogens with one attached hydrogen (secondary N) is 1. The van der Waals surface area contributed by atoms with Gasteiger partial charge in [0.1, 0.15) is 0 Å². The lowest BCUT2D eigenvalue weighted by Crippen LogP contribution is -2.51. The molecule has 25 heavy (non-hydrogen) atoms. The first-order valence-electron chi connectivity index (χ1n) is 9.15. The molecule has 0 saturated carbocycles. The van der Waals surface area contributed by atoms with Crippen LogP contribution in [0, 0.1) is 0 Å². The zero-order chi connectivity index (χ0) is 17.5. The lowest BCUT2D eigenvalue weighted by molar-refractivity contribution is -0.135. The maximum Gasteiger partial charge on any atom is 0.286 e. The number of hydrogen-bond donors (Lipinski definition) is 1. The van der Waals surface area contributed by atoms with Gasteiger partial charge in [-0.25, -0.2) is 0 Å². The molecular formula is C18H27N3O4. The zero-order valence-electron chi connectivity index (χ0n) is 14.6. The van der Waals surface area contributed by atoms with Gasteiger partial charge in [-0.15, -0.1) is 0 Å². The van der Waals surface area contributed by atoms with Crippen LogP contribution in [0.15, 0.2) is 22.8 Å². The average Bonchev–Trinajstić information content (AvgIpc) is 3.18. The van der Waals surface area contributed by atoms with Crippen LogP contribution in [0.2, 0.25) is 0 Å². The molecule has 138 valence electrons. The molecule has 1 atom stereocenters. The molecule has 1 aromatic heterocycles. The molecule has 2 saturated heterocycles. The number of rotatable bonds is 6. The van der Waals surface area contributed by atoms with E-state index in [0.717, 1.165) is 52.2 Å². The number of furan rings is 1. The highest BCUT2D eigenvalue weighted by Gasteiger charge is 2.28. The van der Waals surface area contributed by atoms with Gasteiger partial charge in [-0.1, -0.05) is 0 Å². The summed E-state index contributed by atoms with van der Waals surface area (Å²) in [5, 5.41) is 2.74. The standard InChI is InChI=1S/C18H27N3O4/c22-17(6-7-19-18(23)16-5-3-11-25-16)21-8-2-1-4-15(21)14-20-9-12-24-13-10-20/h3,5,11,15H,1-2,4,6-10,12-14H2,(H,19,23)/t15-/m1/s1.